The van der Waals surface area contributed by atoms with Crippen molar-refractivity contribution in [2.24, 2.45) is 16.5 Å². The van der Waals surface area contributed by atoms with Gasteiger partial charge in [-0.2, -0.15) is 4.99 Å². The second kappa shape index (κ2) is 7.71. The summed E-state index contributed by atoms with van der Waals surface area (Å²) in [4.78, 5) is 17.3. The van der Waals surface area contributed by atoms with E-state index < -0.39 is 15.7 Å². The van der Waals surface area contributed by atoms with E-state index in [9.17, 15) is 13.2 Å². The fourth-order valence-electron chi connectivity index (χ4n) is 2.26. The highest BCUT2D eigenvalue weighted by Crippen LogP contribution is 2.35. The first-order valence-corrected chi connectivity index (χ1v) is 10.2. The van der Waals surface area contributed by atoms with Crippen LogP contribution in [0.15, 0.2) is 62.1 Å². The lowest BCUT2D eigenvalue weighted by atomic mass is 10.0. The van der Waals surface area contributed by atoms with Crippen molar-refractivity contribution in [3.05, 3.63) is 53.6 Å². The molecule has 25 heavy (non-hydrogen) atoms. The van der Waals surface area contributed by atoms with Crippen molar-refractivity contribution >= 4 is 33.5 Å². The van der Waals surface area contributed by atoms with E-state index in [4.69, 9.17) is 11.5 Å². The Morgan fingerprint density at radius 1 is 1.16 bits per heavy atom. The smallest absolute Gasteiger partial charge is 0.280 e. The third kappa shape index (κ3) is 4.83. The van der Waals surface area contributed by atoms with Crippen LogP contribution in [0.3, 0.4) is 0 Å². The molecular formula is C17H19N3O3S2. The molecule has 0 aliphatic carbocycles. The zero-order valence-corrected chi connectivity index (χ0v) is 15.5. The van der Waals surface area contributed by atoms with Crippen LogP contribution < -0.4 is 11.5 Å². The van der Waals surface area contributed by atoms with E-state index in [1.807, 2.05) is 37.3 Å². The van der Waals surface area contributed by atoms with E-state index >= 15 is 0 Å². The number of benzene rings is 2. The van der Waals surface area contributed by atoms with Gasteiger partial charge < -0.3 is 11.5 Å². The standard InChI is InChI=1S/C17H19N3O3S2/c1-3-11-9-14(24-12-7-5-4-6-8-12)15(25(2,22)23)10-13(11)16(21)20-17(18)19/h4-10H,3H2,1-2H3,(H4,18,19,20,21). The molecule has 0 aliphatic heterocycles. The van der Waals surface area contributed by atoms with Gasteiger partial charge in [0.05, 0.1) is 4.90 Å². The molecule has 0 aliphatic rings. The largest absolute Gasteiger partial charge is 0.370 e. The number of aliphatic imine (C=N–C) groups is 1. The molecule has 0 radical (unpaired) electrons. The number of nitrogens with two attached hydrogens (primary N) is 2. The highest BCUT2D eigenvalue weighted by atomic mass is 32.2. The van der Waals surface area contributed by atoms with E-state index in [2.05, 4.69) is 4.99 Å². The Kier molecular flexibility index (Phi) is 5.86. The molecule has 0 atom stereocenters. The average Bonchev–Trinajstić information content (AvgIpc) is 2.53. The van der Waals surface area contributed by atoms with Gasteiger partial charge in [-0.05, 0) is 36.2 Å². The van der Waals surface area contributed by atoms with E-state index in [0.717, 1.165) is 11.2 Å². The molecule has 0 saturated heterocycles. The minimum absolute atomic E-state index is 0.0766. The maximum absolute atomic E-state index is 12.2. The second-order valence-corrected chi connectivity index (χ2v) is 8.44. The van der Waals surface area contributed by atoms with E-state index in [1.165, 1.54) is 17.8 Å². The van der Waals surface area contributed by atoms with Gasteiger partial charge in [0.2, 0.25) is 0 Å². The summed E-state index contributed by atoms with van der Waals surface area (Å²) in [6, 6.07) is 12.5. The molecule has 2 aromatic rings. The molecule has 0 spiro atoms. The summed E-state index contributed by atoms with van der Waals surface area (Å²) in [7, 11) is -3.55. The maximum atomic E-state index is 12.2. The second-order valence-electron chi connectivity index (χ2n) is 5.34. The minimum Gasteiger partial charge on any atom is -0.370 e. The van der Waals surface area contributed by atoms with Crippen molar-refractivity contribution < 1.29 is 13.2 Å². The van der Waals surface area contributed by atoms with Crippen LogP contribution in [-0.2, 0) is 16.3 Å². The molecule has 2 rings (SSSR count). The minimum atomic E-state index is -3.55. The van der Waals surface area contributed by atoms with Crippen molar-refractivity contribution in [2.75, 3.05) is 6.26 Å². The summed E-state index contributed by atoms with van der Waals surface area (Å²) < 4.78 is 24.5. The molecule has 0 saturated carbocycles. The number of rotatable bonds is 5. The molecule has 0 unspecified atom stereocenters. The fourth-order valence-corrected chi connectivity index (χ4v) is 4.50. The first-order valence-electron chi connectivity index (χ1n) is 7.46. The number of amides is 1. The van der Waals surface area contributed by atoms with E-state index in [-0.39, 0.29) is 16.4 Å². The zero-order valence-electron chi connectivity index (χ0n) is 13.9. The molecule has 0 heterocycles. The number of guanidine groups is 1. The van der Waals surface area contributed by atoms with Gasteiger partial charge in [-0.1, -0.05) is 36.9 Å². The summed E-state index contributed by atoms with van der Waals surface area (Å²) in [5.74, 6) is -1.02. The molecule has 0 fully saturated rings. The number of carbonyl (C=O) groups excluding carboxylic acids is 1. The molecule has 1 amide bonds. The summed E-state index contributed by atoms with van der Waals surface area (Å²) in [5, 5.41) is 0. The molecule has 2 aromatic carbocycles. The third-order valence-corrected chi connectivity index (χ3v) is 5.71. The van der Waals surface area contributed by atoms with Crippen molar-refractivity contribution in [2.45, 2.75) is 28.0 Å². The Bertz CT molecular complexity index is 920. The quantitative estimate of drug-likeness (QED) is 0.610. The topological polar surface area (TPSA) is 116 Å². The van der Waals surface area contributed by atoms with Crippen molar-refractivity contribution in [1.82, 2.24) is 0 Å². The lowest BCUT2D eigenvalue weighted by Gasteiger charge is -2.13. The monoisotopic (exact) mass is 377 g/mol. The molecule has 0 bridgehead atoms. The SMILES string of the molecule is CCc1cc(Sc2ccccc2)c(S(C)(=O)=O)cc1C(=O)N=C(N)N. The first kappa shape index (κ1) is 19.0. The Hall–Kier alpha value is -2.32. The predicted octanol–water partition coefficient (Wildman–Crippen LogP) is 2.22. The van der Waals surface area contributed by atoms with Crippen LogP contribution in [0, 0.1) is 0 Å². The molecule has 0 aromatic heterocycles. The van der Waals surface area contributed by atoms with Gasteiger partial charge in [-0.25, -0.2) is 8.42 Å². The van der Waals surface area contributed by atoms with Gasteiger partial charge >= 0.3 is 0 Å². The van der Waals surface area contributed by atoms with Crippen LogP contribution in [-0.4, -0.2) is 26.5 Å². The lowest BCUT2D eigenvalue weighted by molar-refractivity contribution is 0.100. The number of carbonyl (C=O) groups is 1. The van der Waals surface area contributed by atoms with Gasteiger partial charge in [0.15, 0.2) is 15.8 Å². The fraction of sp³-hybridized carbons (Fsp3) is 0.176. The summed E-state index contributed by atoms with van der Waals surface area (Å²) in [5.41, 5.74) is 11.4. The first-order chi connectivity index (χ1) is 11.7. The maximum Gasteiger partial charge on any atom is 0.280 e. The van der Waals surface area contributed by atoms with Crippen LogP contribution in [0.5, 0.6) is 0 Å². The highest BCUT2D eigenvalue weighted by Gasteiger charge is 2.21. The van der Waals surface area contributed by atoms with Crippen LogP contribution in [0.1, 0.15) is 22.8 Å². The number of sulfone groups is 1. The summed E-state index contributed by atoms with van der Waals surface area (Å²) in [6.45, 7) is 1.87. The molecular weight excluding hydrogens is 358 g/mol. The van der Waals surface area contributed by atoms with Crippen LogP contribution in [0.4, 0.5) is 0 Å². The number of hydrogen-bond donors (Lipinski definition) is 2. The van der Waals surface area contributed by atoms with Crippen molar-refractivity contribution in [3.63, 3.8) is 0 Å². The molecule has 132 valence electrons. The molecule has 8 heteroatoms. The normalized spacial score (nSPS) is 11.1. The van der Waals surface area contributed by atoms with Gasteiger partial charge in [-0.15, -0.1) is 0 Å². The summed E-state index contributed by atoms with van der Waals surface area (Å²) in [6.07, 6.45) is 1.64. The van der Waals surface area contributed by atoms with Crippen LogP contribution in [0.2, 0.25) is 0 Å². The Morgan fingerprint density at radius 3 is 2.32 bits per heavy atom. The van der Waals surface area contributed by atoms with Crippen molar-refractivity contribution in [1.29, 1.82) is 0 Å². The molecule has 4 N–H and O–H groups in total. The van der Waals surface area contributed by atoms with Crippen LogP contribution in [0.25, 0.3) is 0 Å². The van der Waals surface area contributed by atoms with E-state index in [0.29, 0.717) is 16.9 Å². The highest BCUT2D eigenvalue weighted by molar-refractivity contribution is 8.00. The predicted molar refractivity (Wildman–Crippen MR) is 99.6 cm³/mol. The van der Waals surface area contributed by atoms with Gasteiger partial charge in [-0.3, -0.25) is 4.79 Å². The third-order valence-electron chi connectivity index (χ3n) is 3.38. The van der Waals surface area contributed by atoms with E-state index in [1.54, 1.807) is 6.07 Å². The number of aryl methyl sites for hydroxylation is 1. The average molecular weight is 377 g/mol. The van der Waals surface area contributed by atoms with Crippen molar-refractivity contribution in [3.8, 4) is 0 Å². The Balaban J connectivity index is 2.64. The Labute approximate surface area is 151 Å². The lowest BCUT2D eigenvalue weighted by Crippen LogP contribution is -2.24. The number of hydrogen-bond acceptors (Lipinski definition) is 4. The summed E-state index contributed by atoms with van der Waals surface area (Å²) >= 11 is 1.33. The van der Waals surface area contributed by atoms with Gasteiger partial charge in [0.1, 0.15) is 0 Å². The zero-order chi connectivity index (χ0) is 18.6. The van der Waals surface area contributed by atoms with Crippen LogP contribution >= 0.6 is 11.8 Å². The number of nitrogens with zero attached hydrogens (tertiary/aromatic N) is 1. The van der Waals surface area contributed by atoms with Gasteiger partial charge in [0.25, 0.3) is 5.91 Å². The van der Waals surface area contributed by atoms with Gasteiger partial charge in [0, 0.05) is 21.6 Å². The molecule has 6 nitrogen and oxygen atoms in total. The Morgan fingerprint density at radius 2 is 1.80 bits per heavy atom.